The number of alkyl halides is 2. The van der Waals surface area contributed by atoms with Gasteiger partial charge in [-0.3, -0.25) is 14.2 Å². The van der Waals surface area contributed by atoms with Crippen molar-refractivity contribution in [1.29, 1.82) is 0 Å². The monoisotopic (exact) mass is 399 g/mol. The van der Waals surface area contributed by atoms with Crippen molar-refractivity contribution < 1.29 is 27.5 Å². The van der Waals surface area contributed by atoms with Crippen LogP contribution >= 0.6 is 0 Å². The number of hydrogen-bond acceptors (Lipinski definition) is 6. The molecule has 0 saturated carbocycles. The number of hydrogen-bond donors (Lipinski definition) is 1. The fraction of sp³-hybridized carbons (Fsp3) is 0.105. The number of benzene rings is 2. The zero-order chi connectivity index (χ0) is 20.2. The molecule has 29 heavy (non-hydrogen) atoms. The van der Waals surface area contributed by atoms with Gasteiger partial charge in [-0.1, -0.05) is 12.1 Å². The van der Waals surface area contributed by atoms with Gasteiger partial charge in [0.15, 0.2) is 11.5 Å². The van der Waals surface area contributed by atoms with Crippen LogP contribution in [0, 0.1) is 0 Å². The molecule has 4 aromatic rings. The summed E-state index contributed by atoms with van der Waals surface area (Å²) in [4.78, 5) is 29.2. The normalized spacial score (nSPS) is 14.4. The maximum absolute atomic E-state index is 13.1. The smallest absolute Gasteiger partial charge is 0.448 e. The molecular formula is C19H11F2N3O5. The summed E-state index contributed by atoms with van der Waals surface area (Å²) in [5.74, 6) is -0.894. The highest BCUT2D eigenvalue weighted by Gasteiger charge is 2.43. The molecule has 1 amide bonds. The van der Waals surface area contributed by atoms with Gasteiger partial charge in [0.05, 0.1) is 6.33 Å². The number of aromatic nitrogens is 2. The maximum Gasteiger partial charge on any atom is 0.586 e. The Labute approximate surface area is 160 Å². The number of fused-ring (bicyclic) bond motifs is 4. The summed E-state index contributed by atoms with van der Waals surface area (Å²) in [5.41, 5.74) is 0.685. The van der Waals surface area contributed by atoms with E-state index in [-0.39, 0.29) is 29.3 Å². The first-order chi connectivity index (χ1) is 13.9. The third-order valence-electron chi connectivity index (χ3n) is 4.35. The molecule has 8 nitrogen and oxygen atoms in total. The molecule has 3 heterocycles. The molecular weight excluding hydrogens is 388 g/mol. The highest BCUT2D eigenvalue weighted by Crippen LogP contribution is 2.42. The van der Waals surface area contributed by atoms with Crippen LogP contribution < -0.4 is 20.3 Å². The number of carbonyl (C=O) groups excluding carboxylic acids is 1. The number of ether oxygens (including phenoxy) is 2. The Morgan fingerprint density at radius 3 is 2.79 bits per heavy atom. The van der Waals surface area contributed by atoms with E-state index >= 15 is 0 Å². The van der Waals surface area contributed by atoms with Gasteiger partial charge in [0.1, 0.15) is 17.6 Å². The average molecular weight is 399 g/mol. The topological polar surface area (TPSA) is 95.6 Å². The van der Waals surface area contributed by atoms with Crippen molar-refractivity contribution in [2.45, 2.75) is 12.8 Å². The summed E-state index contributed by atoms with van der Waals surface area (Å²) >= 11 is 0. The van der Waals surface area contributed by atoms with Gasteiger partial charge < -0.3 is 19.2 Å². The zero-order valence-corrected chi connectivity index (χ0v) is 14.5. The molecule has 0 saturated heterocycles. The van der Waals surface area contributed by atoms with E-state index in [1.807, 2.05) is 0 Å². The summed E-state index contributed by atoms with van der Waals surface area (Å²) in [7, 11) is 0. The summed E-state index contributed by atoms with van der Waals surface area (Å²) in [6, 6.07) is 10.9. The number of amides is 1. The second-order valence-electron chi connectivity index (χ2n) is 6.33. The summed E-state index contributed by atoms with van der Waals surface area (Å²) in [6.07, 6.45) is -2.49. The van der Waals surface area contributed by atoms with Gasteiger partial charge in [-0.25, -0.2) is 4.98 Å². The van der Waals surface area contributed by atoms with Gasteiger partial charge in [-0.05, 0) is 24.3 Å². The van der Waals surface area contributed by atoms with Crippen molar-refractivity contribution in [3.63, 3.8) is 0 Å². The number of halogens is 2. The van der Waals surface area contributed by atoms with Crippen LogP contribution in [0.1, 0.15) is 0 Å². The van der Waals surface area contributed by atoms with Crippen LogP contribution in [0.5, 0.6) is 11.5 Å². The van der Waals surface area contributed by atoms with E-state index in [1.54, 1.807) is 24.3 Å². The molecule has 0 radical (unpaired) electrons. The summed E-state index contributed by atoms with van der Waals surface area (Å²) in [6.45, 7) is -0.344. The highest BCUT2D eigenvalue weighted by atomic mass is 19.3. The third kappa shape index (κ3) is 2.94. The fourth-order valence-corrected chi connectivity index (χ4v) is 3.11. The predicted molar refractivity (Wildman–Crippen MR) is 97.0 cm³/mol. The highest BCUT2D eigenvalue weighted by molar-refractivity contribution is 6.01. The number of rotatable bonds is 3. The van der Waals surface area contributed by atoms with E-state index in [4.69, 9.17) is 4.42 Å². The third-order valence-corrected chi connectivity index (χ3v) is 4.35. The lowest BCUT2D eigenvalue weighted by Gasteiger charge is -2.07. The second-order valence-corrected chi connectivity index (χ2v) is 6.33. The molecule has 0 aliphatic carbocycles. The molecule has 146 valence electrons. The van der Waals surface area contributed by atoms with Gasteiger partial charge in [-0.15, -0.1) is 8.78 Å². The van der Waals surface area contributed by atoms with Crippen LogP contribution in [0.3, 0.4) is 0 Å². The molecule has 1 N–H and O–H groups in total. The molecule has 5 rings (SSSR count). The van der Waals surface area contributed by atoms with Crippen molar-refractivity contribution in [2.75, 3.05) is 5.32 Å². The van der Waals surface area contributed by atoms with Gasteiger partial charge in [0.2, 0.25) is 11.5 Å². The first-order valence-corrected chi connectivity index (χ1v) is 8.46. The van der Waals surface area contributed by atoms with E-state index in [2.05, 4.69) is 19.8 Å². The molecule has 10 heteroatoms. The predicted octanol–water partition coefficient (Wildman–Crippen LogP) is 3.10. The second kappa shape index (κ2) is 6.03. The maximum atomic E-state index is 13.1. The molecule has 0 atom stereocenters. The molecule has 0 spiro atoms. The lowest BCUT2D eigenvalue weighted by Crippen LogP contribution is -2.27. The number of nitrogens with one attached hydrogen (secondary N) is 1. The number of nitrogens with zero attached hydrogens (tertiary/aromatic N) is 2. The minimum absolute atomic E-state index is 0.0480. The Hall–Kier alpha value is -3.95. The van der Waals surface area contributed by atoms with Gasteiger partial charge in [0.25, 0.3) is 5.56 Å². The van der Waals surface area contributed by atoms with Gasteiger partial charge >= 0.3 is 6.29 Å². The number of furan rings is 1. The molecule has 1 aliphatic rings. The summed E-state index contributed by atoms with van der Waals surface area (Å²) in [5, 5.41) is 3.21. The summed E-state index contributed by atoms with van der Waals surface area (Å²) < 4.78 is 41.5. The van der Waals surface area contributed by atoms with Crippen LogP contribution in [0.4, 0.5) is 14.5 Å². The molecule has 2 aromatic heterocycles. The Bertz CT molecular complexity index is 1340. The SMILES string of the molecule is O=C(Cn1cnc2c(oc3ccccc32)c1=O)Nc1ccc2c(c1)OC(F)(F)O2. The minimum atomic E-state index is -3.74. The van der Waals surface area contributed by atoms with Gasteiger partial charge in [0, 0.05) is 17.1 Å². The average Bonchev–Trinajstić information content (AvgIpc) is 3.20. The lowest BCUT2D eigenvalue weighted by molar-refractivity contribution is -0.286. The molecule has 1 aliphatic heterocycles. The number of para-hydroxylation sites is 1. The van der Waals surface area contributed by atoms with E-state index in [1.165, 1.54) is 24.5 Å². The fourth-order valence-electron chi connectivity index (χ4n) is 3.11. The Morgan fingerprint density at radius 1 is 1.14 bits per heavy atom. The van der Waals surface area contributed by atoms with E-state index < -0.39 is 17.8 Å². The largest absolute Gasteiger partial charge is 0.586 e. The van der Waals surface area contributed by atoms with Crippen LogP contribution in [0.2, 0.25) is 0 Å². The Morgan fingerprint density at radius 2 is 1.93 bits per heavy atom. The quantitative estimate of drug-likeness (QED) is 0.569. The van der Waals surface area contributed by atoms with Crippen molar-refractivity contribution in [1.82, 2.24) is 9.55 Å². The van der Waals surface area contributed by atoms with Crippen molar-refractivity contribution >= 4 is 33.7 Å². The molecule has 0 fully saturated rings. The van der Waals surface area contributed by atoms with E-state index in [9.17, 15) is 18.4 Å². The molecule has 2 aromatic carbocycles. The van der Waals surface area contributed by atoms with Crippen molar-refractivity contribution in [3.8, 4) is 11.5 Å². The van der Waals surface area contributed by atoms with Crippen molar-refractivity contribution in [2.24, 2.45) is 0 Å². The standard InChI is InChI=1S/C19H11F2N3O5/c20-19(21)28-13-6-5-10(7-14(13)29-19)23-15(25)8-24-9-22-16-11-3-1-2-4-12(11)27-17(16)18(24)26/h1-7,9H,8H2,(H,23,25). The number of anilines is 1. The Balaban J connectivity index is 1.39. The van der Waals surface area contributed by atoms with Crippen LogP contribution in [0.25, 0.3) is 22.1 Å². The van der Waals surface area contributed by atoms with Crippen molar-refractivity contribution in [3.05, 3.63) is 59.1 Å². The van der Waals surface area contributed by atoms with E-state index in [0.29, 0.717) is 16.5 Å². The number of carbonyl (C=O) groups is 1. The van der Waals surface area contributed by atoms with Gasteiger partial charge in [-0.2, -0.15) is 0 Å². The van der Waals surface area contributed by atoms with Crippen LogP contribution in [0.15, 0.2) is 58.0 Å². The first kappa shape index (κ1) is 17.2. The van der Waals surface area contributed by atoms with Crippen LogP contribution in [-0.4, -0.2) is 21.8 Å². The zero-order valence-electron chi connectivity index (χ0n) is 14.5. The minimum Gasteiger partial charge on any atom is -0.448 e. The van der Waals surface area contributed by atoms with Crippen LogP contribution in [-0.2, 0) is 11.3 Å². The lowest BCUT2D eigenvalue weighted by atomic mass is 10.2. The molecule has 0 bridgehead atoms. The first-order valence-electron chi connectivity index (χ1n) is 8.46. The molecule has 0 unspecified atom stereocenters. The Kier molecular flexibility index (Phi) is 3.57. The van der Waals surface area contributed by atoms with E-state index in [0.717, 1.165) is 4.57 Å².